The average Bonchev–Trinajstić information content (AvgIpc) is 3.43. The molecule has 2 atom stereocenters. The molecule has 2 aromatic rings. The van der Waals surface area contributed by atoms with E-state index in [1.807, 2.05) is 10.3 Å². The van der Waals surface area contributed by atoms with Crippen molar-refractivity contribution in [3.05, 3.63) is 62.1 Å². The highest BCUT2D eigenvalue weighted by Crippen LogP contribution is 2.36. The van der Waals surface area contributed by atoms with Crippen LogP contribution in [0.1, 0.15) is 42.3 Å². The van der Waals surface area contributed by atoms with Crippen LogP contribution in [0.5, 0.6) is 0 Å². The molecule has 1 N–H and O–H groups in total. The van der Waals surface area contributed by atoms with Gasteiger partial charge < -0.3 is 10.1 Å². The minimum absolute atomic E-state index is 0.0518. The fraction of sp³-hybridized carbons (Fsp3) is 0.455. The number of nitrogens with one attached hydrogen (secondary N) is 1. The SMILES string of the molecule is CC(=O)NC[C@H]1CN(c2ccc(C3CCN(C(c4cccs4)[N+](=O)[O-])CC3)c(F)c2)C(=O)O1. The third-order valence-corrected chi connectivity index (χ3v) is 6.97. The topological polar surface area (TPSA) is 105 Å². The van der Waals surface area contributed by atoms with E-state index in [-0.39, 0.29) is 29.8 Å². The molecule has 1 unspecified atom stereocenters. The third kappa shape index (κ3) is 5.14. The van der Waals surface area contributed by atoms with Crippen molar-refractivity contribution in [2.75, 3.05) is 31.1 Å². The van der Waals surface area contributed by atoms with Crippen molar-refractivity contribution in [3.8, 4) is 0 Å². The van der Waals surface area contributed by atoms with Gasteiger partial charge in [0.2, 0.25) is 5.91 Å². The molecule has 0 saturated carbocycles. The first-order valence-corrected chi connectivity index (χ1v) is 11.6. The second kappa shape index (κ2) is 9.84. The van der Waals surface area contributed by atoms with E-state index in [0.29, 0.717) is 42.1 Å². The first-order valence-electron chi connectivity index (χ1n) is 10.8. The lowest BCUT2D eigenvalue weighted by molar-refractivity contribution is -0.558. The molecule has 9 nitrogen and oxygen atoms in total. The number of nitro groups is 1. The van der Waals surface area contributed by atoms with Gasteiger partial charge >= 0.3 is 12.3 Å². The lowest BCUT2D eigenvalue weighted by Crippen LogP contribution is -2.39. The Hall–Kier alpha value is -3.05. The first-order chi connectivity index (χ1) is 15.8. The van der Waals surface area contributed by atoms with Gasteiger partial charge in [-0.2, -0.15) is 0 Å². The molecule has 176 valence electrons. The molecule has 2 amide bonds. The van der Waals surface area contributed by atoms with Crippen molar-refractivity contribution in [1.29, 1.82) is 0 Å². The zero-order chi connectivity index (χ0) is 23.5. The van der Waals surface area contributed by atoms with E-state index in [0.717, 1.165) is 0 Å². The molecule has 0 spiro atoms. The number of benzene rings is 1. The van der Waals surface area contributed by atoms with Gasteiger partial charge in [-0.25, -0.2) is 14.1 Å². The van der Waals surface area contributed by atoms with E-state index < -0.39 is 24.2 Å². The minimum Gasteiger partial charge on any atom is -0.442 e. The summed E-state index contributed by atoms with van der Waals surface area (Å²) in [6, 6.07) is 8.28. The normalized spacial score (nSPS) is 20.5. The predicted molar refractivity (Wildman–Crippen MR) is 120 cm³/mol. The Labute approximate surface area is 194 Å². The van der Waals surface area contributed by atoms with E-state index in [1.54, 1.807) is 24.3 Å². The van der Waals surface area contributed by atoms with Crippen molar-refractivity contribution < 1.29 is 23.6 Å². The number of hydrogen-bond donors (Lipinski definition) is 1. The molecule has 3 heterocycles. The number of carbonyl (C=O) groups is 2. The van der Waals surface area contributed by atoms with Gasteiger partial charge in [-0.1, -0.05) is 12.1 Å². The summed E-state index contributed by atoms with van der Waals surface area (Å²) in [7, 11) is 0. The Morgan fingerprint density at radius 3 is 2.73 bits per heavy atom. The largest absolute Gasteiger partial charge is 0.442 e. The van der Waals surface area contributed by atoms with Crippen LogP contribution in [0.15, 0.2) is 35.7 Å². The summed E-state index contributed by atoms with van der Waals surface area (Å²) in [5, 5.41) is 16.1. The highest BCUT2D eigenvalue weighted by Gasteiger charge is 2.36. The molecule has 0 aliphatic carbocycles. The number of amides is 2. The van der Waals surface area contributed by atoms with Gasteiger partial charge in [0.1, 0.15) is 11.9 Å². The van der Waals surface area contributed by atoms with Gasteiger partial charge in [0.05, 0.1) is 23.7 Å². The van der Waals surface area contributed by atoms with Gasteiger partial charge in [0.25, 0.3) is 0 Å². The average molecular weight is 477 g/mol. The monoisotopic (exact) mass is 476 g/mol. The Morgan fingerprint density at radius 2 is 2.12 bits per heavy atom. The number of hydrogen-bond acceptors (Lipinski definition) is 7. The Morgan fingerprint density at radius 1 is 1.36 bits per heavy atom. The highest BCUT2D eigenvalue weighted by atomic mass is 32.1. The van der Waals surface area contributed by atoms with E-state index >= 15 is 4.39 Å². The number of anilines is 1. The van der Waals surface area contributed by atoms with Crippen LogP contribution in [-0.2, 0) is 9.53 Å². The maximum atomic E-state index is 15.0. The van der Waals surface area contributed by atoms with Crippen LogP contribution in [-0.4, -0.2) is 54.1 Å². The van der Waals surface area contributed by atoms with Crippen LogP contribution in [0.4, 0.5) is 14.9 Å². The maximum Gasteiger partial charge on any atom is 0.414 e. The molecular weight excluding hydrogens is 451 g/mol. The van der Waals surface area contributed by atoms with Gasteiger partial charge in [-0.05, 0) is 47.9 Å². The van der Waals surface area contributed by atoms with Crippen molar-refractivity contribution in [1.82, 2.24) is 10.2 Å². The number of halogens is 1. The molecule has 0 radical (unpaired) electrons. The number of nitrogens with zero attached hydrogens (tertiary/aromatic N) is 3. The third-order valence-electron chi connectivity index (χ3n) is 6.06. The lowest BCUT2D eigenvalue weighted by atomic mass is 9.88. The Kier molecular flexibility index (Phi) is 6.89. The standard InChI is InChI=1S/C22H25FN4O5S/c1-14(28)24-12-17-13-26(22(29)32-17)16-4-5-18(19(23)11-16)15-6-8-25(9-7-15)21(27(30)31)20-3-2-10-33-20/h2-5,10-11,15,17,21H,6-9,12-13H2,1H3,(H,24,28)/t17-,21?/m0/s1. The van der Waals surface area contributed by atoms with Crippen molar-refractivity contribution in [2.24, 2.45) is 0 Å². The molecule has 11 heteroatoms. The lowest BCUT2D eigenvalue weighted by Gasteiger charge is -2.33. The predicted octanol–water partition coefficient (Wildman–Crippen LogP) is 3.50. The quantitative estimate of drug-likeness (QED) is 0.484. The molecule has 2 aliphatic rings. The van der Waals surface area contributed by atoms with Crippen LogP contribution in [0.2, 0.25) is 0 Å². The van der Waals surface area contributed by atoms with Crippen molar-refractivity contribution in [2.45, 2.75) is 38.0 Å². The Bertz CT molecular complexity index is 1030. The second-order valence-electron chi connectivity index (χ2n) is 8.24. The van der Waals surface area contributed by atoms with Crippen molar-refractivity contribution >= 4 is 29.0 Å². The minimum atomic E-state index is -0.871. The number of cyclic esters (lactones) is 1. The van der Waals surface area contributed by atoms with E-state index in [4.69, 9.17) is 4.74 Å². The number of likely N-dealkylation sites (tertiary alicyclic amines) is 1. The van der Waals surface area contributed by atoms with E-state index in [1.165, 1.54) is 29.2 Å². The summed E-state index contributed by atoms with van der Waals surface area (Å²) in [5.74, 6) is -0.678. The summed E-state index contributed by atoms with van der Waals surface area (Å²) in [6.07, 6.45) is -0.728. The molecule has 1 aromatic carbocycles. The fourth-order valence-electron chi connectivity index (χ4n) is 4.42. The summed E-state index contributed by atoms with van der Waals surface area (Å²) in [6.45, 7) is 2.80. The number of ether oxygens (including phenoxy) is 1. The van der Waals surface area contributed by atoms with E-state index in [9.17, 15) is 19.7 Å². The van der Waals surface area contributed by atoms with Crippen LogP contribution in [0.25, 0.3) is 0 Å². The highest BCUT2D eigenvalue weighted by molar-refractivity contribution is 7.10. The molecule has 33 heavy (non-hydrogen) atoms. The number of piperidine rings is 1. The molecular formula is C22H25FN4O5S. The molecule has 1 aromatic heterocycles. The maximum absolute atomic E-state index is 15.0. The molecule has 4 rings (SSSR count). The summed E-state index contributed by atoms with van der Waals surface area (Å²) >= 11 is 1.36. The second-order valence-corrected chi connectivity index (χ2v) is 9.22. The van der Waals surface area contributed by atoms with E-state index in [2.05, 4.69) is 5.32 Å². The first kappa shape index (κ1) is 23.1. The number of rotatable bonds is 7. The zero-order valence-electron chi connectivity index (χ0n) is 18.1. The van der Waals surface area contributed by atoms with Crippen LogP contribution < -0.4 is 10.2 Å². The van der Waals surface area contributed by atoms with Gasteiger partial charge in [0, 0.05) is 24.9 Å². The van der Waals surface area contributed by atoms with Gasteiger partial charge in [-0.15, -0.1) is 11.3 Å². The molecule has 2 aliphatic heterocycles. The summed E-state index contributed by atoms with van der Waals surface area (Å²) < 4.78 is 20.3. The smallest absolute Gasteiger partial charge is 0.414 e. The van der Waals surface area contributed by atoms with Crippen LogP contribution in [0, 0.1) is 15.9 Å². The summed E-state index contributed by atoms with van der Waals surface area (Å²) in [5.41, 5.74) is 0.949. The zero-order valence-corrected chi connectivity index (χ0v) is 18.9. The molecule has 2 saturated heterocycles. The molecule has 0 bridgehead atoms. The number of carbonyl (C=O) groups excluding carboxylic acids is 2. The van der Waals surface area contributed by atoms with Gasteiger partial charge in [-0.3, -0.25) is 19.8 Å². The Balaban J connectivity index is 1.40. The summed E-state index contributed by atoms with van der Waals surface area (Å²) in [4.78, 5) is 38.5. The fourth-order valence-corrected chi connectivity index (χ4v) is 5.25. The van der Waals surface area contributed by atoms with Crippen molar-refractivity contribution in [3.63, 3.8) is 0 Å². The number of thiophene rings is 1. The van der Waals surface area contributed by atoms with Crippen LogP contribution >= 0.6 is 11.3 Å². The van der Waals surface area contributed by atoms with Crippen LogP contribution in [0.3, 0.4) is 0 Å². The van der Waals surface area contributed by atoms with Gasteiger partial charge in [0.15, 0.2) is 0 Å². The molecule has 2 fully saturated rings.